The lowest BCUT2D eigenvalue weighted by Crippen LogP contribution is -2.82. The number of methoxy groups -OCH3 is 1. The quantitative estimate of drug-likeness (QED) is 0.700. The van der Waals surface area contributed by atoms with Gasteiger partial charge >= 0.3 is 5.97 Å². The first kappa shape index (κ1) is 17.0. The molecular weight excluding hydrogens is 314 g/mol. The highest BCUT2D eigenvalue weighted by atomic mass is 16.5. The van der Waals surface area contributed by atoms with Crippen molar-refractivity contribution in [2.45, 2.75) is 19.5 Å². The number of rotatable bonds is 6. The van der Waals surface area contributed by atoms with E-state index in [0.29, 0.717) is 11.6 Å². The lowest BCUT2D eigenvalue weighted by atomic mass is 10.1. The highest BCUT2D eigenvalue weighted by Crippen LogP contribution is 2.22. The van der Waals surface area contributed by atoms with Crippen molar-refractivity contribution in [2.24, 2.45) is 0 Å². The first-order valence-electron chi connectivity index (χ1n) is 8.33. The number of esters is 1. The molecule has 3 rings (SSSR count). The second-order valence-corrected chi connectivity index (χ2v) is 5.97. The van der Waals surface area contributed by atoms with Gasteiger partial charge in [0, 0.05) is 11.1 Å². The molecule has 1 atom stereocenters. The van der Waals surface area contributed by atoms with Crippen LogP contribution in [0.4, 0.5) is 0 Å². The average molecular weight is 336 g/mol. The first-order chi connectivity index (χ1) is 12.2. The molecule has 2 aromatic carbocycles. The SMILES string of the molecule is COC(=O)c1ccc(-c2ccc(C[NH2+][C@H](C)c3ccccc3)o2)cc1. The highest BCUT2D eigenvalue weighted by Gasteiger charge is 2.11. The minimum absolute atomic E-state index is 0.337. The van der Waals surface area contributed by atoms with E-state index in [-0.39, 0.29) is 5.97 Å². The Labute approximate surface area is 147 Å². The Bertz CT molecular complexity index is 822. The molecule has 0 aliphatic carbocycles. The highest BCUT2D eigenvalue weighted by molar-refractivity contribution is 5.89. The largest absolute Gasteiger partial charge is 0.465 e. The zero-order valence-corrected chi connectivity index (χ0v) is 14.4. The fourth-order valence-electron chi connectivity index (χ4n) is 2.72. The van der Waals surface area contributed by atoms with Gasteiger partial charge in [0.2, 0.25) is 0 Å². The fourth-order valence-corrected chi connectivity index (χ4v) is 2.72. The molecule has 4 nitrogen and oxygen atoms in total. The smallest absolute Gasteiger partial charge is 0.337 e. The molecular formula is C21H22NO3+. The predicted molar refractivity (Wildman–Crippen MR) is 96.0 cm³/mol. The Morgan fingerprint density at radius 3 is 2.44 bits per heavy atom. The average Bonchev–Trinajstić information content (AvgIpc) is 3.15. The van der Waals surface area contributed by atoms with Crippen LogP contribution in [0.15, 0.2) is 71.1 Å². The Balaban J connectivity index is 1.63. The molecule has 0 radical (unpaired) electrons. The van der Waals surface area contributed by atoms with Crippen molar-refractivity contribution < 1.29 is 19.3 Å². The molecule has 1 aromatic heterocycles. The van der Waals surface area contributed by atoms with Crippen LogP contribution in [0.25, 0.3) is 11.3 Å². The third-order valence-electron chi connectivity index (χ3n) is 4.25. The number of furan rings is 1. The van der Waals surface area contributed by atoms with Gasteiger partial charge in [-0.25, -0.2) is 4.79 Å². The molecule has 0 unspecified atom stereocenters. The van der Waals surface area contributed by atoms with Crippen molar-refractivity contribution in [3.8, 4) is 11.3 Å². The maximum absolute atomic E-state index is 11.5. The van der Waals surface area contributed by atoms with E-state index < -0.39 is 0 Å². The fraction of sp³-hybridized carbons (Fsp3) is 0.190. The van der Waals surface area contributed by atoms with Gasteiger partial charge in [-0.1, -0.05) is 42.5 Å². The minimum Gasteiger partial charge on any atom is -0.465 e. The van der Waals surface area contributed by atoms with Gasteiger partial charge in [-0.05, 0) is 31.2 Å². The summed E-state index contributed by atoms with van der Waals surface area (Å²) in [5.74, 6) is 1.39. The second-order valence-electron chi connectivity index (χ2n) is 5.97. The molecule has 3 aromatic rings. The summed E-state index contributed by atoms with van der Waals surface area (Å²) >= 11 is 0. The number of benzene rings is 2. The molecule has 0 bridgehead atoms. The van der Waals surface area contributed by atoms with Crippen LogP contribution in [-0.4, -0.2) is 13.1 Å². The Kier molecular flexibility index (Phi) is 5.31. The standard InChI is InChI=1S/C21H21NO3/c1-15(16-6-4-3-5-7-16)22-14-19-12-13-20(25-19)17-8-10-18(11-9-17)21(23)24-2/h3-13,15,22H,14H2,1-2H3/p+1/t15-/m1/s1. The number of hydrogen-bond donors (Lipinski definition) is 1. The van der Waals surface area contributed by atoms with Crippen LogP contribution in [0.1, 0.15) is 34.6 Å². The van der Waals surface area contributed by atoms with Crippen LogP contribution in [0, 0.1) is 0 Å². The molecule has 0 spiro atoms. The monoisotopic (exact) mass is 336 g/mol. The second kappa shape index (κ2) is 7.81. The van der Waals surface area contributed by atoms with E-state index >= 15 is 0 Å². The third-order valence-corrected chi connectivity index (χ3v) is 4.25. The molecule has 0 saturated heterocycles. The Hall–Kier alpha value is -2.85. The number of quaternary nitrogens is 1. The van der Waals surface area contributed by atoms with Gasteiger partial charge < -0.3 is 14.5 Å². The molecule has 4 heteroatoms. The van der Waals surface area contributed by atoms with Crippen LogP contribution in [0.3, 0.4) is 0 Å². The molecule has 0 aliphatic rings. The summed E-state index contributed by atoms with van der Waals surface area (Å²) in [6.07, 6.45) is 0. The summed E-state index contributed by atoms with van der Waals surface area (Å²) in [6.45, 7) is 2.96. The van der Waals surface area contributed by atoms with Crippen molar-refractivity contribution in [1.29, 1.82) is 0 Å². The Morgan fingerprint density at radius 1 is 1.04 bits per heavy atom. The van der Waals surface area contributed by atoms with E-state index in [2.05, 4.69) is 36.5 Å². The van der Waals surface area contributed by atoms with Gasteiger partial charge in [-0.2, -0.15) is 0 Å². The summed E-state index contributed by atoms with van der Waals surface area (Å²) in [5.41, 5.74) is 2.77. The Morgan fingerprint density at radius 2 is 1.76 bits per heavy atom. The van der Waals surface area contributed by atoms with Crippen molar-refractivity contribution >= 4 is 5.97 Å². The molecule has 0 aliphatic heterocycles. The summed E-state index contributed by atoms with van der Waals surface area (Å²) in [6, 6.07) is 22.0. The number of hydrogen-bond acceptors (Lipinski definition) is 3. The summed E-state index contributed by atoms with van der Waals surface area (Å²) < 4.78 is 10.6. The zero-order valence-electron chi connectivity index (χ0n) is 14.4. The molecule has 0 amide bonds. The van der Waals surface area contributed by atoms with E-state index in [1.165, 1.54) is 12.7 Å². The summed E-state index contributed by atoms with van der Waals surface area (Å²) in [5, 5.41) is 2.25. The topological polar surface area (TPSA) is 56.0 Å². The predicted octanol–water partition coefficient (Wildman–Crippen LogP) is 3.56. The molecule has 1 heterocycles. The van der Waals surface area contributed by atoms with Gasteiger partial charge in [0.25, 0.3) is 0 Å². The number of ether oxygens (including phenoxy) is 1. The number of carbonyl (C=O) groups excluding carboxylic acids is 1. The lowest BCUT2D eigenvalue weighted by molar-refractivity contribution is -0.709. The van der Waals surface area contributed by atoms with Crippen LogP contribution >= 0.6 is 0 Å². The minimum atomic E-state index is -0.337. The van der Waals surface area contributed by atoms with Gasteiger partial charge in [0.05, 0.1) is 12.7 Å². The van der Waals surface area contributed by atoms with Gasteiger partial charge in [0.15, 0.2) is 5.76 Å². The molecule has 2 N–H and O–H groups in total. The summed E-state index contributed by atoms with van der Waals surface area (Å²) in [4.78, 5) is 11.5. The van der Waals surface area contributed by atoms with Gasteiger partial charge in [0.1, 0.15) is 18.3 Å². The van der Waals surface area contributed by atoms with E-state index in [1.54, 1.807) is 12.1 Å². The van der Waals surface area contributed by atoms with Crippen LogP contribution in [0.5, 0.6) is 0 Å². The van der Waals surface area contributed by atoms with Crippen molar-refractivity contribution in [2.75, 3.05) is 7.11 Å². The maximum Gasteiger partial charge on any atom is 0.337 e. The normalized spacial score (nSPS) is 11.9. The van der Waals surface area contributed by atoms with Crippen LogP contribution in [-0.2, 0) is 11.3 Å². The maximum atomic E-state index is 11.5. The lowest BCUT2D eigenvalue weighted by Gasteiger charge is -2.09. The van der Waals surface area contributed by atoms with Gasteiger partial charge in [-0.15, -0.1) is 0 Å². The van der Waals surface area contributed by atoms with Gasteiger partial charge in [-0.3, -0.25) is 0 Å². The number of carbonyl (C=O) groups is 1. The van der Waals surface area contributed by atoms with Crippen LogP contribution < -0.4 is 5.32 Å². The molecule has 128 valence electrons. The molecule has 0 fully saturated rings. The van der Waals surface area contributed by atoms with Crippen molar-refractivity contribution in [3.63, 3.8) is 0 Å². The van der Waals surface area contributed by atoms with Crippen molar-refractivity contribution in [3.05, 3.63) is 83.6 Å². The first-order valence-corrected chi connectivity index (χ1v) is 8.33. The van der Waals surface area contributed by atoms with E-state index in [4.69, 9.17) is 9.15 Å². The third kappa shape index (κ3) is 4.17. The molecule has 0 saturated carbocycles. The molecule has 25 heavy (non-hydrogen) atoms. The van der Waals surface area contributed by atoms with E-state index in [9.17, 15) is 4.79 Å². The van der Waals surface area contributed by atoms with E-state index in [1.807, 2.05) is 30.3 Å². The van der Waals surface area contributed by atoms with Crippen molar-refractivity contribution in [1.82, 2.24) is 0 Å². The number of nitrogens with two attached hydrogens (primary N) is 1. The van der Waals surface area contributed by atoms with E-state index in [0.717, 1.165) is 23.6 Å². The zero-order chi connectivity index (χ0) is 17.6. The summed E-state index contributed by atoms with van der Waals surface area (Å²) in [7, 11) is 1.38. The van der Waals surface area contributed by atoms with Crippen LogP contribution in [0.2, 0.25) is 0 Å².